The molecule has 0 aliphatic carbocycles. The van der Waals surface area contributed by atoms with Gasteiger partial charge < -0.3 is 10.6 Å². The second-order valence-corrected chi connectivity index (χ2v) is 5.66. The molecule has 21 heavy (non-hydrogen) atoms. The number of fused-ring (bicyclic) bond motifs is 1. The van der Waals surface area contributed by atoms with Crippen LogP contribution in [-0.2, 0) is 0 Å². The van der Waals surface area contributed by atoms with E-state index >= 15 is 0 Å². The number of para-hydroxylation sites is 1. The van der Waals surface area contributed by atoms with Gasteiger partial charge in [-0.3, -0.25) is 0 Å². The average molecular weight is 280 g/mol. The van der Waals surface area contributed by atoms with Crippen molar-refractivity contribution in [2.75, 3.05) is 24.5 Å². The number of benzene rings is 1. The highest BCUT2D eigenvalue weighted by molar-refractivity contribution is 5.86. The van der Waals surface area contributed by atoms with E-state index in [4.69, 9.17) is 10.7 Å². The Morgan fingerprint density at radius 3 is 2.76 bits per heavy atom. The van der Waals surface area contributed by atoms with Gasteiger partial charge in [0.15, 0.2) is 0 Å². The van der Waals surface area contributed by atoms with E-state index in [2.05, 4.69) is 11.0 Å². The molecule has 0 amide bonds. The molecule has 0 bridgehead atoms. The topological polar surface area (TPSA) is 65.9 Å². The fourth-order valence-corrected chi connectivity index (χ4v) is 3.10. The van der Waals surface area contributed by atoms with E-state index in [1.54, 1.807) is 0 Å². The molecule has 1 aromatic carbocycles. The van der Waals surface area contributed by atoms with Crippen molar-refractivity contribution in [2.45, 2.75) is 19.3 Å². The summed E-state index contributed by atoms with van der Waals surface area (Å²) >= 11 is 0. The summed E-state index contributed by atoms with van der Waals surface area (Å²) in [6.07, 6.45) is 3.43. The van der Waals surface area contributed by atoms with Crippen LogP contribution in [0.5, 0.6) is 0 Å². The van der Waals surface area contributed by atoms with Crippen molar-refractivity contribution in [1.29, 1.82) is 5.26 Å². The number of anilines is 1. The predicted octanol–water partition coefficient (Wildman–Crippen LogP) is 2.67. The van der Waals surface area contributed by atoms with Gasteiger partial charge in [0.2, 0.25) is 0 Å². The molecule has 108 valence electrons. The number of aromatic nitrogens is 1. The Kier molecular flexibility index (Phi) is 4.03. The fourth-order valence-electron chi connectivity index (χ4n) is 3.10. The first-order valence-electron chi connectivity index (χ1n) is 7.56. The highest BCUT2D eigenvalue weighted by atomic mass is 15.2. The van der Waals surface area contributed by atoms with E-state index < -0.39 is 0 Å². The van der Waals surface area contributed by atoms with Gasteiger partial charge in [-0.25, -0.2) is 4.98 Å². The molecule has 1 saturated heterocycles. The van der Waals surface area contributed by atoms with Gasteiger partial charge in [-0.1, -0.05) is 18.2 Å². The first-order chi connectivity index (χ1) is 10.3. The number of hydrogen-bond acceptors (Lipinski definition) is 4. The lowest BCUT2D eigenvalue weighted by Gasteiger charge is -2.32. The second-order valence-electron chi connectivity index (χ2n) is 5.66. The third-order valence-electron chi connectivity index (χ3n) is 4.34. The molecule has 2 aromatic rings. The molecule has 0 radical (unpaired) electrons. The van der Waals surface area contributed by atoms with Crippen molar-refractivity contribution in [3.8, 4) is 6.07 Å². The Bertz CT molecular complexity index is 666. The molecule has 0 saturated carbocycles. The average Bonchev–Trinajstić information content (AvgIpc) is 2.55. The minimum atomic E-state index is 0.708. The van der Waals surface area contributed by atoms with Crippen molar-refractivity contribution in [1.82, 2.24) is 4.98 Å². The number of hydrogen-bond donors (Lipinski definition) is 1. The quantitative estimate of drug-likeness (QED) is 0.938. The summed E-state index contributed by atoms with van der Waals surface area (Å²) in [7, 11) is 0. The van der Waals surface area contributed by atoms with Crippen LogP contribution in [-0.4, -0.2) is 24.6 Å². The molecule has 4 nitrogen and oxygen atoms in total. The molecule has 4 heteroatoms. The summed E-state index contributed by atoms with van der Waals surface area (Å²) in [5.74, 6) is 1.67. The predicted molar refractivity (Wildman–Crippen MR) is 85.1 cm³/mol. The molecule has 0 spiro atoms. The van der Waals surface area contributed by atoms with E-state index in [-0.39, 0.29) is 0 Å². The van der Waals surface area contributed by atoms with Gasteiger partial charge in [-0.2, -0.15) is 5.26 Å². The molecule has 0 unspecified atom stereocenters. The lowest BCUT2D eigenvalue weighted by molar-refractivity contribution is 0.385. The molecule has 1 aliphatic rings. The van der Waals surface area contributed by atoms with Gasteiger partial charge >= 0.3 is 0 Å². The Hall–Kier alpha value is -2.12. The van der Waals surface area contributed by atoms with Gasteiger partial charge in [0.25, 0.3) is 0 Å². The van der Waals surface area contributed by atoms with Crippen molar-refractivity contribution in [3.63, 3.8) is 0 Å². The third-order valence-corrected chi connectivity index (χ3v) is 4.34. The van der Waals surface area contributed by atoms with Gasteiger partial charge in [-0.05, 0) is 43.9 Å². The summed E-state index contributed by atoms with van der Waals surface area (Å²) in [6, 6.07) is 12.1. The van der Waals surface area contributed by atoms with E-state index in [9.17, 15) is 5.26 Å². The van der Waals surface area contributed by atoms with Gasteiger partial charge in [0.1, 0.15) is 5.82 Å². The lowest BCUT2D eigenvalue weighted by atomic mass is 9.93. The number of pyridine rings is 1. The SMILES string of the molecule is N#Cc1cc(N2CCC(CCN)CC2)nc2ccccc12. The van der Waals surface area contributed by atoms with E-state index in [1.807, 2.05) is 30.3 Å². The minimum Gasteiger partial charge on any atom is -0.357 e. The summed E-state index contributed by atoms with van der Waals surface area (Å²) in [6.45, 7) is 2.78. The van der Waals surface area contributed by atoms with Gasteiger partial charge in [0.05, 0.1) is 17.1 Å². The zero-order valence-electron chi connectivity index (χ0n) is 12.1. The van der Waals surface area contributed by atoms with Crippen LogP contribution in [0.25, 0.3) is 10.9 Å². The number of piperidine rings is 1. The standard InChI is InChI=1S/C17H20N4/c18-8-5-13-6-9-21(10-7-13)17-11-14(12-19)15-3-1-2-4-16(15)20-17/h1-4,11,13H,5-10,18H2. The molecule has 0 atom stereocenters. The molecule has 3 rings (SSSR count). The van der Waals surface area contributed by atoms with Crippen LogP contribution in [0.1, 0.15) is 24.8 Å². The zero-order chi connectivity index (χ0) is 14.7. The molecule has 1 aliphatic heterocycles. The maximum absolute atomic E-state index is 9.36. The fraction of sp³-hybridized carbons (Fsp3) is 0.412. The summed E-state index contributed by atoms with van der Waals surface area (Å²) in [4.78, 5) is 7.02. The molecule has 2 N–H and O–H groups in total. The lowest BCUT2D eigenvalue weighted by Crippen LogP contribution is -2.34. The van der Waals surface area contributed by atoms with Crippen LogP contribution >= 0.6 is 0 Å². The Morgan fingerprint density at radius 1 is 1.29 bits per heavy atom. The van der Waals surface area contributed by atoms with Crippen LogP contribution in [0.15, 0.2) is 30.3 Å². The summed E-state index contributed by atoms with van der Waals surface area (Å²) < 4.78 is 0. The summed E-state index contributed by atoms with van der Waals surface area (Å²) in [5.41, 5.74) is 7.25. The van der Waals surface area contributed by atoms with Crippen LogP contribution in [0.2, 0.25) is 0 Å². The normalized spacial score (nSPS) is 16.1. The van der Waals surface area contributed by atoms with Crippen LogP contribution in [0.4, 0.5) is 5.82 Å². The van der Waals surface area contributed by atoms with Crippen molar-refractivity contribution in [3.05, 3.63) is 35.9 Å². The van der Waals surface area contributed by atoms with E-state index in [0.717, 1.165) is 61.5 Å². The van der Waals surface area contributed by atoms with Crippen LogP contribution in [0, 0.1) is 17.2 Å². The van der Waals surface area contributed by atoms with Crippen molar-refractivity contribution >= 4 is 16.7 Å². The second kappa shape index (κ2) is 6.11. The first-order valence-corrected chi connectivity index (χ1v) is 7.56. The Labute approximate surface area is 125 Å². The molecule has 1 fully saturated rings. The smallest absolute Gasteiger partial charge is 0.130 e. The van der Waals surface area contributed by atoms with Crippen LogP contribution < -0.4 is 10.6 Å². The third kappa shape index (κ3) is 2.84. The number of nitriles is 1. The highest BCUT2D eigenvalue weighted by Gasteiger charge is 2.20. The summed E-state index contributed by atoms with van der Waals surface area (Å²) in [5, 5.41) is 10.3. The van der Waals surface area contributed by atoms with Crippen molar-refractivity contribution < 1.29 is 0 Å². The number of nitrogens with zero attached hydrogens (tertiary/aromatic N) is 3. The molecule has 1 aromatic heterocycles. The molecular formula is C17H20N4. The maximum atomic E-state index is 9.36. The number of nitrogens with two attached hydrogens (primary N) is 1. The largest absolute Gasteiger partial charge is 0.357 e. The highest BCUT2D eigenvalue weighted by Crippen LogP contribution is 2.27. The van der Waals surface area contributed by atoms with E-state index in [0.29, 0.717) is 5.56 Å². The first kappa shape index (κ1) is 13.8. The molecule has 2 heterocycles. The van der Waals surface area contributed by atoms with Gasteiger partial charge in [-0.15, -0.1) is 0 Å². The number of rotatable bonds is 3. The minimum absolute atomic E-state index is 0.708. The van der Waals surface area contributed by atoms with Gasteiger partial charge in [0, 0.05) is 18.5 Å². The van der Waals surface area contributed by atoms with Crippen LogP contribution in [0.3, 0.4) is 0 Å². The monoisotopic (exact) mass is 280 g/mol. The Balaban J connectivity index is 1.87. The van der Waals surface area contributed by atoms with Crippen molar-refractivity contribution in [2.24, 2.45) is 11.7 Å². The Morgan fingerprint density at radius 2 is 2.05 bits per heavy atom. The molecular weight excluding hydrogens is 260 g/mol. The van der Waals surface area contributed by atoms with E-state index in [1.165, 1.54) is 0 Å². The maximum Gasteiger partial charge on any atom is 0.130 e. The zero-order valence-corrected chi connectivity index (χ0v) is 12.1.